The summed E-state index contributed by atoms with van der Waals surface area (Å²) in [5.74, 6) is -1.89. The molecule has 0 aliphatic rings. The predicted octanol–water partition coefficient (Wildman–Crippen LogP) is 0.819. The van der Waals surface area contributed by atoms with E-state index in [2.05, 4.69) is 5.32 Å². The summed E-state index contributed by atoms with van der Waals surface area (Å²) in [4.78, 5) is 22.5. The van der Waals surface area contributed by atoms with E-state index in [4.69, 9.17) is 5.73 Å². The molecule has 16 heavy (non-hydrogen) atoms. The Balaban J connectivity index is 2.80. The third-order valence-electron chi connectivity index (χ3n) is 2.18. The Hall–Kier alpha value is -1.91. The Morgan fingerprint density at radius 3 is 2.56 bits per heavy atom. The van der Waals surface area contributed by atoms with Gasteiger partial charge in [0, 0.05) is 0 Å². The fraction of sp³-hybridized carbons (Fsp3) is 0.273. The second kappa shape index (κ2) is 5.25. The van der Waals surface area contributed by atoms with Crippen LogP contribution in [0.25, 0.3) is 0 Å². The van der Waals surface area contributed by atoms with E-state index in [1.807, 2.05) is 0 Å². The summed E-state index contributed by atoms with van der Waals surface area (Å²) in [5, 5.41) is 2.37. The number of halogens is 1. The van der Waals surface area contributed by atoms with Gasteiger partial charge >= 0.3 is 0 Å². The molecule has 0 saturated carbocycles. The van der Waals surface area contributed by atoms with Crippen molar-refractivity contribution < 1.29 is 14.0 Å². The fourth-order valence-electron chi connectivity index (χ4n) is 1.26. The second-order valence-corrected chi connectivity index (χ2v) is 3.32. The molecule has 0 aliphatic carbocycles. The van der Waals surface area contributed by atoms with Crippen LogP contribution in [0, 0.1) is 5.82 Å². The van der Waals surface area contributed by atoms with E-state index in [1.165, 1.54) is 18.2 Å². The zero-order valence-corrected chi connectivity index (χ0v) is 8.87. The maximum atomic E-state index is 13.2. The first-order valence-electron chi connectivity index (χ1n) is 4.91. The predicted molar refractivity (Wildman–Crippen MR) is 57.1 cm³/mol. The van der Waals surface area contributed by atoms with Crippen molar-refractivity contribution in [2.75, 3.05) is 0 Å². The highest BCUT2D eigenvalue weighted by Crippen LogP contribution is 2.06. The zero-order chi connectivity index (χ0) is 12.1. The quantitative estimate of drug-likeness (QED) is 0.794. The Bertz CT molecular complexity index is 407. The van der Waals surface area contributed by atoms with Crippen LogP contribution < -0.4 is 11.1 Å². The maximum absolute atomic E-state index is 13.2. The van der Waals surface area contributed by atoms with E-state index in [-0.39, 0.29) is 5.56 Å². The van der Waals surface area contributed by atoms with Crippen LogP contribution >= 0.6 is 0 Å². The van der Waals surface area contributed by atoms with E-state index < -0.39 is 23.7 Å². The molecule has 0 radical (unpaired) electrons. The molecule has 1 atom stereocenters. The lowest BCUT2D eigenvalue weighted by Crippen LogP contribution is -2.44. The molecule has 0 fully saturated rings. The molecule has 0 aliphatic heterocycles. The molecule has 86 valence electrons. The highest BCUT2D eigenvalue weighted by Gasteiger charge is 2.18. The van der Waals surface area contributed by atoms with Crippen molar-refractivity contribution in [1.29, 1.82) is 0 Å². The van der Waals surface area contributed by atoms with Crippen molar-refractivity contribution in [2.24, 2.45) is 5.73 Å². The molecule has 3 N–H and O–H groups in total. The molecule has 0 unspecified atom stereocenters. The number of rotatable bonds is 4. The summed E-state index contributed by atoms with van der Waals surface area (Å²) < 4.78 is 13.2. The number of carbonyl (C=O) groups excluding carboxylic acids is 2. The molecule has 4 nitrogen and oxygen atoms in total. The van der Waals surface area contributed by atoms with E-state index in [0.717, 1.165) is 0 Å². The van der Waals surface area contributed by atoms with Gasteiger partial charge in [0.05, 0.1) is 5.56 Å². The van der Waals surface area contributed by atoms with Crippen LogP contribution in [-0.2, 0) is 4.79 Å². The van der Waals surface area contributed by atoms with Gasteiger partial charge in [0.2, 0.25) is 5.91 Å². The third kappa shape index (κ3) is 2.79. The lowest BCUT2D eigenvalue weighted by atomic mass is 10.1. The van der Waals surface area contributed by atoms with E-state index in [0.29, 0.717) is 6.42 Å². The summed E-state index contributed by atoms with van der Waals surface area (Å²) in [6.07, 6.45) is 0.371. The SMILES string of the molecule is CC[C@@H](NC(=O)c1ccccc1F)C(N)=O. The van der Waals surface area contributed by atoms with Gasteiger partial charge in [0.25, 0.3) is 5.91 Å². The molecular weight excluding hydrogens is 211 g/mol. The molecule has 2 amide bonds. The standard InChI is InChI=1S/C11H13FN2O2/c1-2-9(10(13)15)14-11(16)7-5-3-4-6-8(7)12/h3-6,9H,2H2,1H3,(H2,13,15)(H,14,16)/t9-/m1/s1. The number of amides is 2. The summed E-state index contributed by atoms with van der Waals surface area (Å²) in [5.41, 5.74) is 4.97. The Kier molecular flexibility index (Phi) is 3.99. The van der Waals surface area contributed by atoms with E-state index >= 15 is 0 Å². The minimum absolute atomic E-state index is 0.0952. The molecule has 0 saturated heterocycles. The minimum Gasteiger partial charge on any atom is -0.368 e. The topological polar surface area (TPSA) is 72.2 Å². The summed E-state index contributed by atoms with van der Waals surface area (Å²) in [6, 6.07) is 4.78. The Labute approximate surface area is 92.6 Å². The highest BCUT2D eigenvalue weighted by molar-refractivity contribution is 5.97. The van der Waals surface area contributed by atoms with Gasteiger partial charge in [-0.05, 0) is 18.6 Å². The molecular formula is C11H13FN2O2. The van der Waals surface area contributed by atoms with Crippen molar-refractivity contribution in [1.82, 2.24) is 5.32 Å². The smallest absolute Gasteiger partial charge is 0.254 e. The first-order valence-corrected chi connectivity index (χ1v) is 4.91. The number of hydrogen-bond acceptors (Lipinski definition) is 2. The van der Waals surface area contributed by atoms with Crippen LogP contribution in [-0.4, -0.2) is 17.9 Å². The van der Waals surface area contributed by atoms with Crippen molar-refractivity contribution in [3.8, 4) is 0 Å². The van der Waals surface area contributed by atoms with Crippen LogP contribution in [0.1, 0.15) is 23.7 Å². The van der Waals surface area contributed by atoms with Gasteiger partial charge in [-0.2, -0.15) is 0 Å². The highest BCUT2D eigenvalue weighted by atomic mass is 19.1. The number of benzene rings is 1. The normalized spacial score (nSPS) is 11.9. The minimum atomic E-state index is -0.771. The number of nitrogens with two attached hydrogens (primary N) is 1. The third-order valence-corrected chi connectivity index (χ3v) is 2.18. The van der Waals surface area contributed by atoms with Crippen molar-refractivity contribution in [3.63, 3.8) is 0 Å². The van der Waals surface area contributed by atoms with Gasteiger partial charge in [-0.3, -0.25) is 9.59 Å². The summed E-state index contributed by atoms with van der Waals surface area (Å²) in [7, 11) is 0. The molecule has 1 aromatic carbocycles. The van der Waals surface area contributed by atoms with Crippen LogP contribution in [0.3, 0.4) is 0 Å². The van der Waals surface area contributed by atoms with Gasteiger partial charge in [0.15, 0.2) is 0 Å². The Morgan fingerprint density at radius 1 is 1.44 bits per heavy atom. The monoisotopic (exact) mass is 224 g/mol. The van der Waals surface area contributed by atoms with Crippen molar-refractivity contribution in [3.05, 3.63) is 35.6 Å². The first kappa shape index (κ1) is 12.2. The van der Waals surface area contributed by atoms with Crippen molar-refractivity contribution >= 4 is 11.8 Å². The number of hydrogen-bond donors (Lipinski definition) is 2. The largest absolute Gasteiger partial charge is 0.368 e. The lowest BCUT2D eigenvalue weighted by molar-refractivity contribution is -0.119. The average Bonchev–Trinajstić information content (AvgIpc) is 2.25. The van der Waals surface area contributed by atoms with Gasteiger partial charge in [-0.1, -0.05) is 19.1 Å². The molecule has 1 rings (SSSR count). The number of carbonyl (C=O) groups is 2. The summed E-state index contributed by atoms with van der Waals surface area (Å²) in [6.45, 7) is 1.71. The maximum Gasteiger partial charge on any atom is 0.254 e. The van der Waals surface area contributed by atoms with Gasteiger partial charge < -0.3 is 11.1 Å². The van der Waals surface area contributed by atoms with Crippen molar-refractivity contribution in [2.45, 2.75) is 19.4 Å². The van der Waals surface area contributed by atoms with Gasteiger partial charge in [0.1, 0.15) is 11.9 Å². The first-order chi connectivity index (χ1) is 7.56. The zero-order valence-electron chi connectivity index (χ0n) is 8.87. The molecule has 0 aromatic heterocycles. The number of primary amides is 1. The van der Waals surface area contributed by atoms with Crippen LogP contribution in [0.5, 0.6) is 0 Å². The molecule has 5 heteroatoms. The van der Waals surface area contributed by atoms with E-state index in [1.54, 1.807) is 13.0 Å². The lowest BCUT2D eigenvalue weighted by Gasteiger charge is -2.13. The Morgan fingerprint density at radius 2 is 2.06 bits per heavy atom. The fourth-order valence-corrected chi connectivity index (χ4v) is 1.26. The van der Waals surface area contributed by atoms with Crippen LogP contribution in [0.15, 0.2) is 24.3 Å². The molecule has 1 aromatic rings. The molecule has 0 bridgehead atoms. The van der Waals surface area contributed by atoms with E-state index in [9.17, 15) is 14.0 Å². The average molecular weight is 224 g/mol. The molecule has 0 heterocycles. The molecule has 0 spiro atoms. The van der Waals surface area contributed by atoms with Crippen LogP contribution in [0.4, 0.5) is 4.39 Å². The van der Waals surface area contributed by atoms with Crippen LogP contribution in [0.2, 0.25) is 0 Å². The van der Waals surface area contributed by atoms with Gasteiger partial charge in [-0.25, -0.2) is 4.39 Å². The van der Waals surface area contributed by atoms with Gasteiger partial charge in [-0.15, -0.1) is 0 Å². The number of nitrogens with one attached hydrogen (secondary N) is 1. The summed E-state index contributed by atoms with van der Waals surface area (Å²) >= 11 is 0. The second-order valence-electron chi connectivity index (χ2n) is 3.32.